The van der Waals surface area contributed by atoms with Gasteiger partial charge in [-0.15, -0.1) is 0 Å². The molecule has 1 aliphatic heterocycles. The summed E-state index contributed by atoms with van der Waals surface area (Å²) in [7, 11) is 0. The predicted molar refractivity (Wildman–Crippen MR) is 85.8 cm³/mol. The van der Waals surface area contributed by atoms with Gasteiger partial charge in [0.05, 0.1) is 11.0 Å². The molecule has 1 aromatic carbocycles. The molecule has 8 nitrogen and oxygen atoms in total. The lowest BCUT2D eigenvalue weighted by molar-refractivity contribution is -0.384. The van der Waals surface area contributed by atoms with Crippen LogP contribution in [0.5, 0.6) is 0 Å². The lowest BCUT2D eigenvalue weighted by Crippen LogP contribution is -2.33. The SMILES string of the molecule is CC(C)(C)OC(=O)Nc1ccc([N+](=O)[O-])c(NC[C@@H]2CCO2)c1. The third-order valence-electron chi connectivity index (χ3n) is 3.15. The molecule has 0 spiro atoms. The van der Waals surface area contributed by atoms with Crippen LogP contribution in [0.4, 0.5) is 21.9 Å². The molecule has 0 unspecified atom stereocenters. The third kappa shape index (κ3) is 5.10. The van der Waals surface area contributed by atoms with E-state index in [4.69, 9.17) is 9.47 Å². The summed E-state index contributed by atoms with van der Waals surface area (Å²) in [6.45, 7) is 6.47. The summed E-state index contributed by atoms with van der Waals surface area (Å²) in [5.74, 6) is 0. The number of nitrogens with zero attached hydrogens (tertiary/aromatic N) is 1. The highest BCUT2D eigenvalue weighted by Gasteiger charge is 2.21. The number of hydrogen-bond donors (Lipinski definition) is 2. The number of ether oxygens (including phenoxy) is 2. The predicted octanol–water partition coefficient (Wildman–Crippen LogP) is 3.14. The average Bonchev–Trinajstić information content (AvgIpc) is 2.34. The fraction of sp³-hybridized carbons (Fsp3) is 0.533. The molecule has 126 valence electrons. The standard InChI is InChI=1S/C15H21N3O5/c1-15(2,3)23-14(19)17-10-4-5-13(18(20)21)12(8-10)16-9-11-6-7-22-11/h4-5,8,11,16H,6-7,9H2,1-3H3,(H,17,19)/t11-/m0/s1. The van der Waals surface area contributed by atoms with Gasteiger partial charge in [-0.1, -0.05) is 0 Å². The van der Waals surface area contributed by atoms with Crippen LogP contribution < -0.4 is 10.6 Å². The molecule has 1 aliphatic rings. The van der Waals surface area contributed by atoms with Gasteiger partial charge in [0, 0.05) is 24.9 Å². The van der Waals surface area contributed by atoms with E-state index in [0.29, 0.717) is 24.5 Å². The molecule has 0 bridgehead atoms. The van der Waals surface area contributed by atoms with Crippen LogP contribution >= 0.6 is 0 Å². The number of hydrogen-bond acceptors (Lipinski definition) is 6. The van der Waals surface area contributed by atoms with Gasteiger partial charge in [0.2, 0.25) is 0 Å². The molecule has 1 fully saturated rings. The zero-order valence-corrected chi connectivity index (χ0v) is 13.4. The van der Waals surface area contributed by atoms with Crippen LogP contribution in [-0.2, 0) is 9.47 Å². The van der Waals surface area contributed by atoms with Crippen LogP contribution in [-0.4, -0.2) is 35.9 Å². The van der Waals surface area contributed by atoms with E-state index >= 15 is 0 Å². The Kier molecular flexibility index (Phi) is 5.05. The maximum Gasteiger partial charge on any atom is 0.412 e. The monoisotopic (exact) mass is 323 g/mol. The second-order valence-corrected chi connectivity index (χ2v) is 6.28. The summed E-state index contributed by atoms with van der Waals surface area (Å²) >= 11 is 0. The minimum atomic E-state index is -0.618. The highest BCUT2D eigenvalue weighted by atomic mass is 16.6. The molecule has 0 saturated carbocycles. The molecule has 1 atom stereocenters. The molecular weight excluding hydrogens is 302 g/mol. The first-order valence-corrected chi connectivity index (χ1v) is 7.38. The number of nitro benzene ring substituents is 1. The molecule has 0 aromatic heterocycles. The smallest absolute Gasteiger partial charge is 0.412 e. The topological polar surface area (TPSA) is 103 Å². The maximum absolute atomic E-state index is 11.8. The van der Waals surface area contributed by atoms with Crippen molar-refractivity contribution in [2.45, 2.75) is 38.9 Å². The first-order chi connectivity index (χ1) is 10.7. The van der Waals surface area contributed by atoms with Crippen LogP contribution in [0.25, 0.3) is 0 Å². The van der Waals surface area contributed by atoms with E-state index in [1.807, 2.05) is 0 Å². The van der Waals surface area contributed by atoms with E-state index in [9.17, 15) is 14.9 Å². The Balaban J connectivity index is 2.08. The minimum Gasteiger partial charge on any atom is -0.444 e. The van der Waals surface area contributed by atoms with Gasteiger partial charge in [0.15, 0.2) is 0 Å². The van der Waals surface area contributed by atoms with Crippen LogP contribution in [0.15, 0.2) is 18.2 Å². The van der Waals surface area contributed by atoms with Crippen LogP contribution in [0.3, 0.4) is 0 Å². The third-order valence-corrected chi connectivity index (χ3v) is 3.15. The molecule has 23 heavy (non-hydrogen) atoms. The van der Waals surface area contributed by atoms with E-state index < -0.39 is 16.6 Å². The van der Waals surface area contributed by atoms with Crippen molar-refractivity contribution in [2.24, 2.45) is 0 Å². The van der Waals surface area contributed by atoms with Crippen molar-refractivity contribution in [1.29, 1.82) is 0 Å². The molecule has 2 rings (SSSR count). The Labute approximate surface area is 134 Å². The zero-order chi connectivity index (χ0) is 17.0. The second-order valence-electron chi connectivity index (χ2n) is 6.28. The molecule has 1 saturated heterocycles. The molecular formula is C15H21N3O5. The zero-order valence-electron chi connectivity index (χ0n) is 13.4. The van der Waals surface area contributed by atoms with Crippen molar-refractivity contribution in [1.82, 2.24) is 0 Å². The summed E-state index contributed by atoms with van der Waals surface area (Å²) in [5, 5.41) is 16.7. The van der Waals surface area contributed by atoms with Crippen molar-refractivity contribution in [3.8, 4) is 0 Å². The largest absolute Gasteiger partial charge is 0.444 e. The van der Waals surface area contributed by atoms with E-state index in [2.05, 4.69) is 10.6 Å². The van der Waals surface area contributed by atoms with Crippen molar-refractivity contribution < 1.29 is 19.2 Å². The Morgan fingerprint density at radius 1 is 1.48 bits per heavy atom. The second kappa shape index (κ2) is 6.82. The van der Waals surface area contributed by atoms with Crippen LogP contribution in [0, 0.1) is 10.1 Å². The minimum absolute atomic E-state index is 0.0564. The number of rotatable bonds is 5. The number of nitrogens with one attached hydrogen (secondary N) is 2. The first-order valence-electron chi connectivity index (χ1n) is 7.38. The molecule has 1 amide bonds. The quantitative estimate of drug-likeness (QED) is 0.637. The maximum atomic E-state index is 11.8. The fourth-order valence-electron chi connectivity index (χ4n) is 2.01. The normalized spacial score (nSPS) is 17.1. The van der Waals surface area contributed by atoms with Gasteiger partial charge < -0.3 is 14.8 Å². The lowest BCUT2D eigenvalue weighted by atomic mass is 10.1. The Morgan fingerprint density at radius 2 is 2.17 bits per heavy atom. The Hall–Kier alpha value is -2.35. The van der Waals surface area contributed by atoms with E-state index in [0.717, 1.165) is 6.42 Å². The number of nitro groups is 1. The van der Waals surface area contributed by atoms with Gasteiger partial charge in [0.25, 0.3) is 5.69 Å². The number of carbonyl (C=O) groups excluding carboxylic acids is 1. The van der Waals surface area contributed by atoms with Crippen LogP contribution in [0.2, 0.25) is 0 Å². The number of benzene rings is 1. The summed E-state index contributed by atoms with van der Waals surface area (Å²) in [4.78, 5) is 22.4. The van der Waals surface area contributed by atoms with Gasteiger partial charge in [-0.2, -0.15) is 0 Å². The summed E-state index contributed by atoms with van der Waals surface area (Å²) in [6.07, 6.45) is 0.383. The van der Waals surface area contributed by atoms with Crippen LogP contribution in [0.1, 0.15) is 27.2 Å². The van der Waals surface area contributed by atoms with Crippen molar-refractivity contribution >= 4 is 23.2 Å². The Bertz CT molecular complexity index is 593. The van der Waals surface area contributed by atoms with Gasteiger partial charge in [-0.25, -0.2) is 4.79 Å². The van der Waals surface area contributed by atoms with Crippen molar-refractivity contribution in [2.75, 3.05) is 23.8 Å². The summed E-state index contributed by atoms with van der Waals surface area (Å²) in [6, 6.07) is 4.32. The Morgan fingerprint density at radius 3 is 2.70 bits per heavy atom. The van der Waals surface area contributed by atoms with E-state index in [1.165, 1.54) is 18.2 Å². The van der Waals surface area contributed by atoms with Gasteiger partial charge in [-0.3, -0.25) is 15.4 Å². The highest BCUT2D eigenvalue weighted by Crippen LogP contribution is 2.28. The van der Waals surface area contributed by atoms with E-state index in [-0.39, 0.29) is 11.8 Å². The van der Waals surface area contributed by atoms with Crippen molar-refractivity contribution in [3.05, 3.63) is 28.3 Å². The fourth-order valence-corrected chi connectivity index (χ4v) is 2.01. The number of amides is 1. The number of carbonyl (C=O) groups is 1. The summed E-state index contributed by atoms with van der Waals surface area (Å²) in [5.41, 5.74) is 0.0769. The lowest BCUT2D eigenvalue weighted by Gasteiger charge is -2.26. The number of anilines is 2. The van der Waals surface area contributed by atoms with Crippen molar-refractivity contribution in [3.63, 3.8) is 0 Å². The van der Waals surface area contributed by atoms with Gasteiger partial charge >= 0.3 is 6.09 Å². The first kappa shape index (κ1) is 17.0. The highest BCUT2D eigenvalue weighted by molar-refractivity contribution is 5.86. The molecule has 0 aliphatic carbocycles. The average molecular weight is 323 g/mol. The van der Waals surface area contributed by atoms with Gasteiger partial charge in [0.1, 0.15) is 11.3 Å². The molecule has 1 heterocycles. The molecule has 8 heteroatoms. The van der Waals surface area contributed by atoms with Gasteiger partial charge in [-0.05, 0) is 39.3 Å². The summed E-state index contributed by atoms with van der Waals surface area (Å²) < 4.78 is 10.4. The molecule has 2 N–H and O–H groups in total. The molecule has 0 radical (unpaired) electrons. The molecule has 1 aromatic rings. The van der Waals surface area contributed by atoms with E-state index in [1.54, 1.807) is 20.8 Å².